The van der Waals surface area contributed by atoms with E-state index in [1.807, 2.05) is 0 Å². The highest BCUT2D eigenvalue weighted by Crippen LogP contribution is 2.06. The molecule has 11 heavy (non-hydrogen) atoms. The number of nitrogens with one attached hydrogen (secondary N) is 1. The topological polar surface area (TPSA) is 46.2 Å². The maximum Gasteiger partial charge on any atom is 0.247 e. The molecule has 0 saturated carbocycles. The molecule has 3 heteroatoms. The fourth-order valence-electron chi connectivity index (χ4n) is 0.818. The van der Waals surface area contributed by atoms with Crippen LogP contribution in [0, 0.1) is 5.92 Å². The van der Waals surface area contributed by atoms with Crippen molar-refractivity contribution in [1.29, 1.82) is 0 Å². The lowest BCUT2D eigenvalue weighted by Gasteiger charge is -2.06. The molecule has 0 fully saturated rings. The summed E-state index contributed by atoms with van der Waals surface area (Å²) >= 11 is 0. The minimum Gasteiger partial charge on any atom is -0.355 e. The molecule has 0 aliphatic carbocycles. The molecule has 0 radical (unpaired) electrons. The van der Waals surface area contributed by atoms with Crippen molar-refractivity contribution >= 4 is 12.2 Å². The minimum absolute atomic E-state index is 0.188. The van der Waals surface area contributed by atoms with E-state index in [4.69, 9.17) is 0 Å². The first kappa shape index (κ1) is 9.88. The van der Waals surface area contributed by atoms with E-state index >= 15 is 0 Å². The quantitative estimate of drug-likeness (QED) is 0.477. The van der Waals surface area contributed by atoms with E-state index in [1.54, 1.807) is 27.0 Å². The van der Waals surface area contributed by atoms with Gasteiger partial charge in [0.25, 0.3) is 0 Å². The highest BCUT2D eigenvalue weighted by Gasteiger charge is 2.12. The first-order valence-electron chi connectivity index (χ1n) is 3.51. The number of amides is 1. The van der Waals surface area contributed by atoms with Crippen LogP contribution in [-0.2, 0) is 9.59 Å². The molecule has 0 heterocycles. The second-order valence-corrected chi connectivity index (χ2v) is 2.25. The van der Waals surface area contributed by atoms with Crippen molar-refractivity contribution in [2.24, 2.45) is 5.92 Å². The average molecular weight is 155 g/mol. The van der Waals surface area contributed by atoms with E-state index in [1.165, 1.54) is 0 Å². The van der Waals surface area contributed by atoms with Crippen molar-refractivity contribution in [1.82, 2.24) is 5.32 Å². The summed E-state index contributed by atoms with van der Waals surface area (Å²) in [6, 6.07) is 0. The summed E-state index contributed by atoms with van der Waals surface area (Å²) in [5.74, 6) is -0.507. The summed E-state index contributed by atoms with van der Waals surface area (Å²) in [6.45, 7) is 3.43. The monoisotopic (exact) mass is 155 g/mol. The number of carbonyl (C=O) groups is 2. The van der Waals surface area contributed by atoms with Gasteiger partial charge in [-0.1, -0.05) is 13.0 Å². The molecular formula is C8H13NO2. The molecule has 0 rings (SSSR count). The van der Waals surface area contributed by atoms with Crippen LogP contribution in [0.4, 0.5) is 0 Å². The van der Waals surface area contributed by atoms with Gasteiger partial charge in [-0.25, -0.2) is 0 Å². The van der Waals surface area contributed by atoms with Gasteiger partial charge in [0.15, 0.2) is 0 Å². The molecule has 0 bridgehead atoms. The third-order valence-electron chi connectivity index (χ3n) is 1.49. The Labute approximate surface area is 66.5 Å². The number of hydrogen-bond donors (Lipinski definition) is 1. The molecular weight excluding hydrogens is 142 g/mol. The maximum absolute atomic E-state index is 11.0. The molecule has 1 atom stereocenters. The van der Waals surface area contributed by atoms with Crippen molar-refractivity contribution in [2.75, 3.05) is 7.05 Å². The largest absolute Gasteiger partial charge is 0.355 e. The number of hydrogen-bond acceptors (Lipinski definition) is 2. The zero-order chi connectivity index (χ0) is 8.85. The molecule has 0 aromatic carbocycles. The standard InChI is InChI=1S/C8H13NO2/c1-4-7(6(2)5-10)8(11)9-3/h4-6H,1-3H3,(H,9,11). The number of carbonyl (C=O) groups excluding carboxylic acids is 2. The fraction of sp³-hybridized carbons (Fsp3) is 0.500. The van der Waals surface area contributed by atoms with E-state index in [9.17, 15) is 9.59 Å². The smallest absolute Gasteiger partial charge is 0.247 e. The fourth-order valence-corrected chi connectivity index (χ4v) is 0.818. The molecule has 1 unspecified atom stereocenters. The van der Waals surface area contributed by atoms with Gasteiger partial charge in [-0.05, 0) is 6.92 Å². The van der Waals surface area contributed by atoms with Gasteiger partial charge in [-0.15, -0.1) is 0 Å². The lowest BCUT2D eigenvalue weighted by Crippen LogP contribution is -2.24. The maximum atomic E-state index is 11.0. The Bertz CT molecular complexity index is 185. The van der Waals surface area contributed by atoms with E-state index in [-0.39, 0.29) is 11.8 Å². The third-order valence-corrected chi connectivity index (χ3v) is 1.49. The molecule has 3 nitrogen and oxygen atoms in total. The van der Waals surface area contributed by atoms with Gasteiger partial charge in [-0.3, -0.25) is 4.79 Å². The van der Waals surface area contributed by atoms with Crippen LogP contribution in [0.15, 0.2) is 11.6 Å². The molecule has 0 aliphatic rings. The Morgan fingerprint density at radius 2 is 2.09 bits per heavy atom. The van der Waals surface area contributed by atoms with Crippen LogP contribution in [0.2, 0.25) is 0 Å². The van der Waals surface area contributed by atoms with Crippen molar-refractivity contribution in [3.8, 4) is 0 Å². The van der Waals surface area contributed by atoms with Gasteiger partial charge in [0.05, 0.1) is 0 Å². The minimum atomic E-state index is -0.319. The van der Waals surface area contributed by atoms with Crippen LogP contribution >= 0.6 is 0 Å². The molecule has 1 N–H and O–H groups in total. The highest BCUT2D eigenvalue weighted by molar-refractivity contribution is 5.96. The predicted molar refractivity (Wildman–Crippen MR) is 43.1 cm³/mol. The Balaban J connectivity index is 4.42. The third kappa shape index (κ3) is 2.53. The zero-order valence-electron chi connectivity index (χ0n) is 7.05. The summed E-state index contributed by atoms with van der Waals surface area (Å²) in [6.07, 6.45) is 2.41. The van der Waals surface area contributed by atoms with Gasteiger partial charge >= 0.3 is 0 Å². The Morgan fingerprint density at radius 1 is 1.55 bits per heavy atom. The molecule has 0 spiro atoms. The van der Waals surface area contributed by atoms with Crippen LogP contribution in [0.1, 0.15) is 13.8 Å². The van der Waals surface area contributed by atoms with Crippen LogP contribution in [0.5, 0.6) is 0 Å². The van der Waals surface area contributed by atoms with Crippen molar-refractivity contribution < 1.29 is 9.59 Å². The summed E-state index contributed by atoms with van der Waals surface area (Å²) in [4.78, 5) is 21.3. The lowest BCUT2D eigenvalue weighted by molar-refractivity contribution is -0.119. The van der Waals surface area contributed by atoms with Crippen molar-refractivity contribution in [3.05, 3.63) is 11.6 Å². The van der Waals surface area contributed by atoms with Crippen LogP contribution in [0.25, 0.3) is 0 Å². The van der Waals surface area contributed by atoms with E-state index in [2.05, 4.69) is 5.32 Å². The van der Waals surface area contributed by atoms with Crippen LogP contribution < -0.4 is 5.32 Å². The second kappa shape index (κ2) is 4.66. The molecule has 0 aliphatic heterocycles. The number of aldehydes is 1. The predicted octanol–water partition coefficient (Wildman–Crippen LogP) is 0.514. The number of allylic oxidation sites excluding steroid dienone is 1. The van der Waals surface area contributed by atoms with Gasteiger partial charge in [0, 0.05) is 18.5 Å². The first-order chi connectivity index (χ1) is 5.17. The zero-order valence-corrected chi connectivity index (χ0v) is 7.05. The van der Waals surface area contributed by atoms with E-state index < -0.39 is 0 Å². The molecule has 62 valence electrons. The van der Waals surface area contributed by atoms with Gasteiger partial charge in [0.2, 0.25) is 5.91 Å². The van der Waals surface area contributed by atoms with Crippen molar-refractivity contribution in [3.63, 3.8) is 0 Å². The van der Waals surface area contributed by atoms with Gasteiger partial charge < -0.3 is 10.1 Å². The molecule has 0 aromatic rings. The van der Waals surface area contributed by atoms with Gasteiger partial charge in [0.1, 0.15) is 6.29 Å². The average Bonchev–Trinajstić information content (AvgIpc) is 2.05. The summed E-state index contributed by atoms with van der Waals surface area (Å²) in [5, 5.41) is 2.47. The van der Waals surface area contributed by atoms with E-state index in [0.717, 1.165) is 6.29 Å². The first-order valence-corrected chi connectivity index (χ1v) is 3.51. The normalized spacial score (nSPS) is 13.9. The van der Waals surface area contributed by atoms with E-state index in [0.29, 0.717) is 5.57 Å². The molecule has 0 saturated heterocycles. The lowest BCUT2D eigenvalue weighted by atomic mass is 10.0. The SMILES string of the molecule is CC=C(C(=O)NC)C(C)C=O. The van der Waals surface area contributed by atoms with Crippen molar-refractivity contribution in [2.45, 2.75) is 13.8 Å². The van der Waals surface area contributed by atoms with Gasteiger partial charge in [-0.2, -0.15) is 0 Å². The summed E-state index contributed by atoms with van der Waals surface area (Å²) < 4.78 is 0. The molecule has 1 amide bonds. The van der Waals surface area contributed by atoms with Crippen LogP contribution in [-0.4, -0.2) is 19.2 Å². The summed E-state index contributed by atoms with van der Waals surface area (Å²) in [5.41, 5.74) is 0.516. The Hall–Kier alpha value is -1.12. The molecule has 0 aromatic heterocycles. The number of likely N-dealkylation sites (N-methyl/N-ethyl adjacent to an activating group) is 1. The summed E-state index contributed by atoms with van der Waals surface area (Å²) in [7, 11) is 1.54. The number of rotatable bonds is 3. The van der Waals surface area contributed by atoms with Crippen LogP contribution in [0.3, 0.4) is 0 Å². The Kier molecular flexibility index (Phi) is 4.18. The highest BCUT2D eigenvalue weighted by atomic mass is 16.1. The Morgan fingerprint density at radius 3 is 2.36 bits per heavy atom. The second-order valence-electron chi connectivity index (χ2n) is 2.25.